The van der Waals surface area contributed by atoms with Gasteiger partial charge in [-0.25, -0.2) is 4.68 Å². The zero-order valence-electron chi connectivity index (χ0n) is 12.3. The highest BCUT2D eigenvalue weighted by Gasteiger charge is 2.40. The molecule has 2 aromatic rings. The van der Waals surface area contributed by atoms with Crippen LogP contribution in [0.5, 0.6) is 0 Å². The third-order valence-corrected chi connectivity index (χ3v) is 3.42. The van der Waals surface area contributed by atoms with Crippen LogP contribution in [0.25, 0.3) is 5.69 Å². The summed E-state index contributed by atoms with van der Waals surface area (Å²) in [6.07, 6.45) is -2.26. The number of nitrogens with one attached hydrogen (secondary N) is 1. The molecule has 0 radical (unpaired) electrons. The Bertz CT molecular complexity index is 680. The van der Waals surface area contributed by atoms with Crippen molar-refractivity contribution >= 4 is 17.5 Å². The molecule has 0 saturated carbocycles. The summed E-state index contributed by atoms with van der Waals surface area (Å²) in [5.41, 5.74) is -1.42. The fourth-order valence-electron chi connectivity index (χ4n) is 2.04. The molecule has 0 spiro atoms. The lowest BCUT2D eigenvalue weighted by atomic mass is 10.2. The van der Waals surface area contributed by atoms with Gasteiger partial charge in [-0.15, -0.1) is 0 Å². The van der Waals surface area contributed by atoms with Gasteiger partial charge in [0.15, 0.2) is 5.69 Å². The lowest BCUT2D eigenvalue weighted by molar-refractivity contribution is -0.143. The van der Waals surface area contributed by atoms with Gasteiger partial charge in [0.2, 0.25) is 0 Å². The molecule has 23 heavy (non-hydrogen) atoms. The largest absolute Gasteiger partial charge is 0.434 e. The summed E-state index contributed by atoms with van der Waals surface area (Å²) in [6.45, 7) is 2.24. The first-order valence-electron chi connectivity index (χ1n) is 7.04. The van der Waals surface area contributed by atoms with Gasteiger partial charge in [-0.3, -0.25) is 4.79 Å². The summed E-state index contributed by atoms with van der Waals surface area (Å²) in [5.74, 6) is -0.786. The molecule has 0 aliphatic carbocycles. The Morgan fingerprint density at radius 1 is 1.30 bits per heavy atom. The summed E-state index contributed by atoms with van der Waals surface area (Å²) >= 11 is 5.74. The lowest BCUT2D eigenvalue weighted by Gasteiger charge is -2.13. The van der Waals surface area contributed by atoms with E-state index in [-0.39, 0.29) is 5.69 Å². The Labute approximate surface area is 136 Å². The van der Waals surface area contributed by atoms with E-state index in [1.807, 2.05) is 6.92 Å². The third kappa shape index (κ3) is 4.04. The van der Waals surface area contributed by atoms with Crippen LogP contribution in [-0.4, -0.2) is 22.2 Å². The van der Waals surface area contributed by atoms with Crippen LogP contribution in [0.4, 0.5) is 13.2 Å². The smallest absolute Gasteiger partial charge is 0.352 e. The number of aromatic nitrogens is 2. The molecule has 1 aromatic heterocycles. The number of unbranched alkanes of at least 4 members (excludes halogenated alkanes) is 1. The van der Waals surface area contributed by atoms with Crippen molar-refractivity contribution in [3.63, 3.8) is 0 Å². The van der Waals surface area contributed by atoms with Gasteiger partial charge < -0.3 is 5.32 Å². The van der Waals surface area contributed by atoms with Crippen LogP contribution in [0.1, 0.15) is 35.8 Å². The van der Waals surface area contributed by atoms with Gasteiger partial charge >= 0.3 is 6.18 Å². The molecule has 124 valence electrons. The minimum Gasteiger partial charge on any atom is -0.352 e. The minimum atomic E-state index is -4.71. The van der Waals surface area contributed by atoms with Crippen LogP contribution in [0.2, 0.25) is 5.02 Å². The Balaban J connectivity index is 2.41. The van der Waals surface area contributed by atoms with E-state index in [0.717, 1.165) is 12.6 Å². The maximum Gasteiger partial charge on any atom is 0.434 e. The molecule has 1 N–H and O–H groups in total. The quantitative estimate of drug-likeness (QED) is 0.830. The molecule has 0 atom stereocenters. The van der Waals surface area contributed by atoms with Crippen molar-refractivity contribution in [3.05, 3.63) is 46.7 Å². The highest BCUT2D eigenvalue weighted by Crippen LogP contribution is 2.33. The van der Waals surface area contributed by atoms with Crippen molar-refractivity contribution in [2.24, 2.45) is 0 Å². The van der Waals surface area contributed by atoms with Crippen LogP contribution in [0.15, 0.2) is 30.5 Å². The summed E-state index contributed by atoms with van der Waals surface area (Å²) in [5, 5.41) is 6.59. The van der Waals surface area contributed by atoms with E-state index in [9.17, 15) is 18.0 Å². The molecule has 8 heteroatoms. The summed E-state index contributed by atoms with van der Waals surface area (Å²) < 4.78 is 40.9. The molecule has 0 bridgehead atoms. The first-order valence-corrected chi connectivity index (χ1v) is 7.41. The maximum atomic E-state index is 13.4. The minimum absolute atomic E-state index is 0.175. The fraction of sp³-hybridized carbons (Fsp3) is 0.333. The second-order valence-electron chi connectivity index (χ2n) is 4.90. The second-order valence-corrected chi connectivity index (χ2v) is 5.34. The normalized spacial score (nSPS) is 11.5. The molecule has 0 saturated heterocycles. The monoisotopic (exact) mass is 345 g/mol. The highest BCUT2D eigenvalue weighted by atomic mass is 35.5. The number of hydrogen-bond donors (Lipinski definition) is 1. The van der Waals surface area contributed by atoms with Gasteiger partial charge in [0.1, 0.15) is 0 Å². The molecule has 1 heterocycles. The van der Waals surface area contributed by atoms with Gasteiger partial charge in [-0.1, -0.05) is 24.9 Å². The van der Waals surface area contributed by atoms with E-state index in [2.05, 4.69) is 10.4 Å². The summed E-state index contributed by atoms with van der Waals surface area (Å²) in [6, 6.07) is 5.73. The molecule has 0 fully saturated rings. The topological polar surface area (TPSA) is 46.9 Å². The van der Waals surface area contributed by atoms with E-state index < -0.39 is 23.3 Å². The van der Waals surface area contributed by atoms with Crippen molar-refractivity contribution in [3.8, 4) is 5.69 Å². The molecule has 0 aliphatic rings. The number of amides is 1. The van der Waals surface area contributed by atoms with Crippen molar-refractivity contribution in [1.82, 2.24) is 15.1 Å². The number of hydrogen-bond acceptors (Lipinski definition) is 2. The van der Waals surface area contributed by atoms with E-state index in [1.54, 1.807) is 0 Å². The molecule has 0 aliphatic heterocycles. The molecule has 2 rings (SSSR count). The Kier molecular flexibility index (Phi) is 5.30. The van der Waals surface area contributed by atoms with Crippen LogP contribution in [-0.2, 0) is 6.18 Å². The molecule has 4 nitrogen and oxygen atoms in total. The SMILES string of the molecule is CCCCNC(=O)c1cnn(-c2ccc(Cl)cc2)c1C(F)(F)F. The Hall–Kier alpha value is -2.02. The molecular formula is C15H15ClF3N3O. The number of rotatable bonds is 5. The highest BCUT2D eigenvalue weighted by molar-refractivity contribution is 6.30. The first kappa shape index (κ1) is 17.3. The second kappa shape index (κ2) is 7.04. The van der Waals surface area contributed by atoms with E-state index >= 15 is 0 Å². The molecular weight excluding hydrogens is 331 g/mol. The number of carbonyl (C=O) groups excluding carboxylic acids is 1. The van der Waals surface area contributed by atoms with E-state index in [4.69, 9.17) is 11.6 Å². The van der Waals surface area contributed by atoms with Crippen LogP contribution in [0, 0.1) is 0 Å². The Morgan fingerprint density at radius 3 is 2.52 bits per heavy atom. The third-order valence-electron chi connectivity index (χ3n) is 3.17. The zero-order chi connectivity index (χ0) is 17.0. The van der Waals surface area contributed by atoms with Crippen LogP contribution in [0.3, 0.4) is 0 Å². The summed E-state index contributed by atoms with van der Waals surface area (Å²) in [7, 11) is 0. The number of carbonyl (C=O) groups is 1. The van der Waals surface area contributed by atoms with Crippen molar-refractivity contribution in [1.29, 1.82) is 0 Å². The number of alkyl halides is 3. The van der Waals surface area contributed by atoms with Crippen molar-refractivity contribution in [2.45, 2.75) is 25.9 Å². The van der Waals surface area contributed by atoms with E-state index in [0.29, 0.717) is 22.7 Å². The average Bonchev–Trinajstić information content (AvgIpc) is 2.93. The molecule has 1 aromatic carbocycles. The van der Waals surface area contributed by atoms with Gasteiger partial charge in [0.25, 0.3) is 5.91 Å². The number of nitrogens with zero attached hydrogens (tertiary/aromatic N) is 2. The maximum absolute atomic E-state index is 13.4. The Morgan fingerprint density at radius 2 is 1.96 bits per heavy atom. The average molecular weight is 346 g/mol. The van der Waals surface area contributed by atoms with Crippen LogP contribution < -0.4 is 5.32 Å². The van der Waals surface area contributed by atoms with Gasteiger partial charge in [0, 0.05) is 11.6 Å². The van der Waals surface area contributed by atoms with Crippen LogP contribution >= 0.6 is 11.6 Å². The van der Waals surface area contributed by atoms with E-state index in [1.165, 1.54) is 24.3 Å². The standard InChI is InChI=1S/C15H15ClF3N3O/c1-2-3-8-20-14(23)12-9-21-22(13(12)15(17,18)19)11-6-4-10(16)5-7-11/h4-7,9H,2-3,8H2,1H3,(H,20,23). The lowest BCUT2D eigenvalue weighted by Crippen LogP contribution is -2.27. The molecule has 0 unspecified atom stereocenters. The van der Waals surface area contributed by atoms with Gasteiger partial charge in [-0.05, 0) is 30.7 Å². The number of halogens is 4. The summed E-state index contributed by atoms with van der Waals surface area (Å²) in [4.78, 5) is 12.0. The fourth-order valence-corrected chi connectivity index (χ4v) is 2.17. The first-order chi connectivity index (χ1) is 10.8. The van der Waals surface area contributed by atoms with Gasteiger partial charge in [-0.2, -0.15) is 18.3 Å². The van der Waals surface area contributed by atoms with Crippen molar-refractivity contribution in [2.75, 3.05) is 6.54 Å². The van der Waals surface area contributed by atoms with Gasteiger partial charge in [0.05, 0.1) is 17.4 Å². The predicted molar refractivity (Wildman–Crippen MR) is 80.8 cm³/mol. The zero-order valence-corrected chi connectivity index (χ0v) is 13.1. The predicted octanol–water partition coefficient (Wildman–Crippen LogP) is 4.07. The molecule has 1 amide bonds. The van der Waals surface area contributed by atoms with Crippen molar-refractivity contribution < 1.29 is 18.0 Å². The number of benzene rings is 1.